The molecule has 0 spiro atoms. The second-order valence-electron chi connectivity index (χ2n) is 6.69. The van der Waals surface area contributed by atoms with E-state index in [9.17, 15) is 14.4 Å². The van der Waals surface area contributed by atoms with E-state index in [0.29, 0.717) is 18.1 Å². The molecule has 9 heteroatoms. The Morgan fingerprint density at radius 2 is 1.94 bits per heavy atom. The quantitative estimate of drug-likeness (QED) is 0.440. The number of furan rings is 1. The van der Waals surface area contributed by atoms with Crippen molar-refractivity contribution in [3.8, 4) is 5.88 Å². The summed E-state index contributed by atoms with van der Waals surface area (Å²) < 4.78 is 15.7. The lowest BCUT2D eigenvalue weighted by Crippen LogP contribution is -2.28. The molecule has 3 heterocycles. The van der Waals surface area contributed by atoms with Gasteiger partial charge in [0.1, 0.15) is 18.1 Å². The fourth-order valence-corrected chi connectivity index (χ4v) is 3.15. The molecule has 3 aromatic rings. The number of carbonyl (C=O) groups is 3. The molecule has 0 radical (unpaired) electrons. The molecule has 0 atom stereocenters. The second-order valence-corrected chi connectivity index (χ2v) is 6.69. The van der Waals surface area contributed by atoms with Crippen molar-refractivity contribution in [1.82, 2.24) is 9.88 Å². The SMILES string of the molecule is COCCOc1ncccc1NC(=O)c1ccc2c(c1)C(=O)N(Cc1ccco1)C2=O. The molecule has 0 bridgehead atoms. The van der Waals surface area contributed by atoms with Crippen LogP contribution in [0, 0.1) is 0 Å². The Bertz CT molecular complexity index is 1130. The fourth-order valence-electron chi connectivity index (χ4n) is 3.15. The van der Waals surface area contributed by atoms with Crippen LogP contribution in [0.25, 0.3) is 0 Å². The summed E-state index contributed by atoms with van der Waals surface area (Å²) in [4.78, 5) is 43.3. The van der Waals surface area contributed by atoms with Crippen LogP contribution in [0.4, 0.5) is 5.69 Å². The van der Waals surface area contributed by atoms with Crippen LogP contribution >= 0.6 is 0 Å². The molecular formula is C22H19N3O6. The van der Waals surface area contributed by atoms with Crippen LogP contribution in [0.1, 0.15) is 36.8 Å². The van der Waals surface area contributed by atoms with Crippen molar-refractivity contribution in [3.05, 3.63) is 77.4 Å². The lowest BCUT2D eigenvalue weighted by Gasteiger charge is -2.11. The minimum Gasteiger partial charge on any atom is -0.474 e. The lowest BCUT2D eigenvalue weighted by atomic mass is 10.1. The smallest absolute Gasteiger partial charge is 0.261 e. The number of fused-ring (bicyclic) bond motifs is 1. The number of nitrogens with one attached hydrogen (secondary N) is 1. The van der Waals surface area contributed by atoms with Gasteiger partial charge in [-0.25, -0.2) is 4.98 Å². The maximum Gasteiger partial charge on any atom is 0.261 e. The molecule has 0 aliphatic carbocycles. The largest absolute Gasteiger partial charge is 0.474 e. The first-order valence-corrected chi connectivity index (χ1v) is 9.49. The number of nitrogens with zero attached hydrogens (tertiary/aromatic N) is 2. The van der Waals surface area contributed by atoms with Gasteiger partial charge in [-0.15, -0.1) is 0 Å². The monoisotopic (exact) mass is 421 g/mol. The van der Waals surface area contributed by atoms with E-state index < -0.39 is 17.7 Å². The summed E-state index contributed by atoms with van der Waals surface area (Å²) in [5.41, 5.74) is 1.03. The first-order valence-electron chi connectivity index (χ1n) is 9.49. The zero-order valence-electron chi connectivity index (χ0n) is 16.7. The number of pyridine rings is 1. The minimum absolute atomic E-state index is 0.0265. The van der Waals surface area contributed by atoms with Crippen LogP contribution in [0.3, 0.4) is 0 Å². The van der Waals surface area contributed by atoms with Gasteiger partial charge >= 0.3 is 0 Å². The van der Waals surface area contributed by atoms with Gasteiger partial charge < -0.3 is 19.2 Å². The van der Waals surface area contributed by atoms with Crippen LogP contribution in [0.15, 0.2) is 59.3 Å². The third-order valence-corrected chi connectivity index (χ3v) is 4.67. The second kappa shape index (κ2) is 8.80. The van der Waals surface area contributed by atoms with Gasteiger partial charge in [0.2, 0.25) is 5.88 Å². The van der Waals surface area contributed by atoms with Crippen LogP contribution in [-0.4, -0.2) is 47.9 Å². The van der Waals surface area contributed by atoms with E-state index in [-0.39, 0.29) is 35.7 Å². The molecule has 3 amide bonds. The molecule has 0 fully saturated rings. The molecule has 1 aliphatic rings. The number of benzene rings is 1. The predicted octanol–water partition coefficient (Wildman–Crippen LogP) is 2.75. The summed E-state index contributed by atoms with van der Waals surface area (Å²) in [7, 11) is 1.56. The van der Waals surface area contributed by atoms with Gasteiger partial charge in [-0.2, -0.15) is 0 Å². The Morgan fingerprint density at radius 3 is 2.71 bits per heavy atom. The first-order chi connectivity index (χ1) is 15.1. The summed E-state index contributed by atoms with van der Waals surface area (Å²) in [5, 5.41) is 2.73. The number of hydrogen-bond donors (Lipinski definition) is 1. The number of carbonyl (C=O) groups excluding carboxylic acids is 3. The third kappa shape index (κ3) is 4.17. The molecule has 1 N–H and O–H groups in total. The Kier molecular flexibility index (Phi) is 5.76. The van der Waals surface area contributed by atoms with Crippen molar-refractivity contribution in [2.45, 2.75) is 6.54 Å². The van der Waals surface area contributed by atoms with Crippen molar-refractivity contribution in [2.75, 3.05) is 25.6 Å². The van der Waals surface area contributed by atoms with Gasteiger partial charge in [-0.05, 0) is 42.5 Å². The van der Waals surface area contributed by atoms with E-state index in [1.54, 1.807) is 37.6 Å². The summed E-state index contributed by atoms with van der Waals surface area (Å²) in [6.07, 6.45) is 3.02. The van der Waals surface area contributed by atoms with E-state index in [1.807, 2.05) is 0 Å². The van der Waals surface area contributed by atoms with Crippen LogP contribution in [0.2, 0.25) is 0 Å². The molecule has 2 aromatic heterocycles. The molecule has 31 heavy (non-hydrogen) atoms. The molecule has 158 valence electrons. The molecular weight excluding hydrogens is 402 g/mol. The maximum atomic E-state index is 12.8. The highest BCUT2D eigenvalue weighted by Gasteiger charge is 2.36. The number of imide groups is 1. The lowest BCUT2D eigenvalue weighted by molar-refractivity contribution is 0.0631. The topological polar surface area (TPSA) is 111 Å². The van der Waals surface area contributed by atoms with Crippen molar-refractivity contribution in [1.29, 1.82) is 0 Å². The van der Waals surface area contributed by atoms with Crippen LogP contribution in [0.5, 0.6) is 5.88 Å². The molecule has 0 saturated carbocycles. The maximum absolute atomic E-state index is 12.8. The zero-order valence-corrected chi connectivity index (χ0v) is 16.7. The molecule has 9 nitrogen and oxygen atoms in total. The number of amides is 3. The summed E-state index contributed by atoms with van der Waals surface area (Å²) in [5.74, 6) is -0.618. The average Bonchev–Trinajstić information content (AvgIpc) is 3.38. The van der Waals surface area contributed by atoms with Crippen LogP contribution < -0.4 is 10.1 Å². The molecule has 1 aliphatic heterocycles. The molecule has 1 aromatic carbocycles. The number of rotatable bonds is 8. The van der Waals surface area contributed by atoms with Crippen molar-refractivity contribution in [2.24, 2.45) is 0 Å². The van der Waals surface area contributed by atoms with Gasteiger partial charge in [-0.1, -0.05) is 0 Å². The van der Waals surface area contributed by atoms with Crippen molar-refractivity contribution < 1.29 is 28.3 Å². The highest BCUT2D eigenvalue weighted by molar-refractivity contribution is 6.22. The molecule has 0 saturated heterocycles. The summed E-state index contributed by atoms with van der Waals surface area (Å²) >= 11 is 0. The number of anilines is 1. The molecule has 4 rings (SSSR count). The van der Waals surface area contributed by atoms with E-state index in [0.717, 1.165) is 4.90 Å². The molecule has 0 unspecified atom stereocenters. The van der Waals surface area contributed by atoms with E-state index in [4.69, 9.17) is 13.9 Å². The van der Waals surface area contributed by atoms with Gasteiger partial charge in [-0.3, -0.25) is 19.3 Å². The minimum atomic E-state index is -0.476. The van der Waals surface area contributed by atoms with Crippen molar-refractivity contribution in [3.63, 3.8) is 0 Å². The zero-order chi connectivity index (χ0) is 21.8. The highest BCUT2D eigenvalue weighted by Crippen LogP contribution is 2.27. The Hall–Kier alpha value is -3.98. The summed E-state index contributed by atoms with van der Waals surface area (Å²) in [6, 6.07) is 11.1. The number of hydrogen-bond acceptors (Lipinski definition) is 7. The Morgan fingerprint density at radius 1 is 1.10 bits per heavy atom. The number of methoxy groups -OCH3 is 1. The number of aromatic nitrogens is 1. The average molecular weight is 421 g/mol. The highest BCUT2D eigenvalue weighted by atomic mass is 16.5. The third-order valence-electron chi connectivity index (χ3n) is 4.67. The Labute approximate surface area is 177 Å². The van der Waals surface area contributed by atoms with Gasteiger partial charge in [0.15, 0.2) is 0 Å². The Balaban J connectivity index is 1.52. The number of ether oxygens (including phenoxy) is 2. The van der Waals surface area contributed by atoms with Gasteiger partial charge in [0, 0.05) is 18.9 Å². The van der Waals surface area contributed by atoms with E-state index in [1.165, 1.54) is 24.5 Å². The predicted molar refractivity (Wildman–Crippen MR) is 109 cm³/mol. The van der Waals surface area contributed by atoms with Crippen LogP contribution in [-0.2, 0) is 11.3 Å². The normalized spacial score (nSPS) is 12.7. The fraction of sp³-hybridized carbons (Fsp3) is 0.182. The van der Waals surface area contributed by atoms with Crippen molar-refractivity contribution >= 4 is 23.4 Å². The first kappa shape index (κ1) is 20.3. The van der Waals surface area contributed by atoms with Gasteiger partial charge in [0.05, 0.1) is 30.5 Å². The standard InChI is InChI=1S/C22H19N3O6/c1-29-10-11-31-20-18(5-2-8-23-20)24-19(26)14-6-7-16-17(12-14)22(28)25(21(16)27)13-15-4-3-9-30-15/h2-9,12H,10-11,13H2,1H3,(H,24,26). The van der Waals surface area contributed by atoms with E-state index in [2.05, 4.69) is 10.3 Å². The van der Waals surface area contributed by atoms with E-state index >= 15 is 0 Å². The van der Waals surface area contributed by atoms with Gasteiger partial charge in [0.25, 0.3) is 17.7 Å². The summed E-state index contributed by atoms with van der Waals surface area (Å²) in [6.45, 7) is 0.676.